The Morgan fingerprint density at radius 2 is 1.81 bits per heavy atom. The van der Waals surface area contributed by atoms with Gasteiger partial charge < -0.3 is 34.7 Å². The third-order valence-corrected chi connectivity index (χ3v) is 9.62. The number of methoxy groups -OCH3 is 1. The Morgan fingerprint density at radius 1 is 1.02 bits per heavy atom. The Bertz CT molecular complexity index is 1920. The summed E-state index contributed by atoms with van der Waals surface area (Å²) in [5.41, 5.74) is 11.5. The second kappa shape index (κ2) is 9.47. The highest BCUT2D eigenvalue weighted by molar-refractivity contribution is 6.00. The lowest BCUT2D eigenvalue weighted by Gasteiger charge is -2.27. The number of amides is 1. The van der Waals surface area contributed by atoms with Gasteiger partial charge in [0.05, 0.1) is 24.0 Å². The molecule has 3 aliphatic rings. The van der Waals surface area contributed by atoms with E-state index in [9.17, 15) is 15.0 Å². The summed E-state index contributed by atoms with van der Waals surface area (Å²) in [6.45, 7) is 1.51. The lowest BCUT2D eigenvalue weighted by atomic mass is 10.1. The van der Waals surface area contributed by atoms with Crippen LogP contribution in [0.2, 0.25) is 0 Å². The zero-order chi connectivity index (χ0) is 29.6. The molecule has 0 spiro atoms. The number of carbonyl (C=O) groups excluding carboxylic acids is 1. The Kier molecular flexibility index (Phi) is 5.74. The number of nitrogens with two attached hydrogens (primary N) is 1. The molecular formula is C33H34N6O4. The molecule has 220 valence electrons. The van der Waals surface area contributed by atoms with E-state index >= 15 is 0 Å². The molecule has 1 aliphatic heterocycles. The minimum Gasteiger partial charge on any atom is -0.508 e. The van der Waals surface area contributed by atoms with Crippen LogP contribution < -0.4 is 10.5 Å². The quantitative estimate of drug-likeness (QED) is 0.267. The van der Waals surface area contributed by atoms with Gasteiger partial charge in [0.25, 0.3) is 5.91 Å². The highest BCUT2D eigenvalue weighted by Gasteiger charge is 2.47. The van der Waals surface area contributed by atoms with Gasteiger partial charge in [-0.15, -0.1) is 0 Å². The van der Waals surface area contributed by atoms with Gasteiger partial charge >= 0.3 is 0 Å². The number of piperidine rings is 1. The van der Waals surface area contributed by atoms with Crippen LogP contribution in [0.15, 0.2) is 48.5 Å². The number of benzene rings is 2. The third kappa shape index (κ3) is 4.15. The predicted octanol–water partition coefficient (Wildman–Crippen LogP) is 4.65. The standard InChI is InChI=1S/C33H34N6O4/c1-37-30-25(11-21(13-28(30)43-2)33(42)39-16-19-6-8-26(39)29(19)34)36-32(37)27-12-18-5-7-24(20-9-22(40)14-23(41)10-20)35-31(18)38(27)15-17-3-4-17/h5,7,9-14,17,19,26,29,40-41H,3-4,6,8,15-16,34H2,1-2H3. The Hall–Kier alpha value is -4.57. The summed E-state index contributed by atoms with van der Waals surface area (Å²) >= 11 is 0. The number of hydrogen-bond donors (Lipinski definition) is 3. The largest absolute Gasteiger partial charge is 0.508 e. The number of likely N-dealkylation sites (tertiary alicyclic amines) is 1. The number of aromatic hydroxyl groups is 2. The maximum absolute atomic E-state index is 13.7. The van der Waals surface area contributed by atoms with E-state index in [0.717, 1.165) is 47.5 Å². The molecule has 5 aromatic rings. The summed E-state index contributed by atoms with van der Waals surface area (Å²) in [5.74, 6) is 2.25. The van der Waals surface area contributed by atoms with Gasteiger partial charge in [0.2, 0.25) is 0 Å². The number of imidazole rings is 1. The predicted molar refractivity (Wildman–Crippen MR) is 163 cm³/mol. The average molecular weight is 579 g/mol. The monoisotopic (exact) mass is 578 g/mol. The van der Waals surface area contributed by atoms with E-state index in [4.69, 9.17) is 20.4 Å². The van der Waals surface area contributed by atoms with Crippen molar-refractivity contribution in [2.45, 2.75) is 44.3 Å². The molecule has 2 bridgehead atoms. The highest BCUT2D eigenvalue weighted by atomic mass is 16.5. The van der Waals surface area contributed by atoms with E-state index in [0.29, 0.717) is 46.5 Å². The van der Waals surface area contributed by atoms with Gasteiger partial charge in [0.1, 0.15) is 28.4 Å². The van der Waals surface area contributed by atoms with Crippen LogP contribution >= 0.6 is 0 Å². The SMILES string of the molecule is COc1cc(C(=O)N2CC3CCC2C3N)cc2nc(-c3cc4ccc(-c5cc(O)cc(O)c5)nc4n3CC3CC3)n(C)c12. The fourth-order valence-electron chi connectivity index (χ4n) is 7.23. The second-order valence-corrected chi connectivity index (χ2v) is 12.4. The van der Waals surface area contributed by atoms with Crippen LogP contribution in [0.1, 0.15) is 36.0 Å². The first-order chi connectivity index (χ1) is 20.8. The van der Waals surface area contributed by atoms with Gasteiger partial charge in [-0.25, -0.2) is 9.97 Å². The molecule has 4 heterocycles. The van der Waals surface area contributed by atoms with Crippen molar-refractivity contribution in [2.24, 2.45) is 24.6 Å². The number of fused-ring (bicyclic) bond motifs is 4. The maximum Gasteiger partial charge on any atom is 0.254 e. The molecule has 3 unspecified atom stereocenters. The van der Waals surface area contributed by atoms with Crippen LogP contribution in [0.5, 0.6) is 17.2 Å². The second-order valence-electron chi connectivity index (χ2n) is 12.4. The lowest BCUT2D eigenvalue weighted by Crippen LogP contribution is -2.41. The van der Waals surface area contributed by atoms with Crippen LogP contribution in [-0.2, 0) is 13.6 Å². The zero-order valence-electron chi connectivity index (χ0n) is 24.2. The molecule has 2 saturated carbocycles. The fourth-order valence-corrected chi connectivity index (χ4v) is 7.23. The average Bonchev–Trinajstić information content (AvgIpc) is 3.40. The molecule has 1 amide bonds. The number of hydrogen-bond acceptors (Lipinski definition) is 7. The number of nitrogens with zero attached hydrogens (tertiary/aromatic N) is 5. The van der Waals surface area contributed by atoms with Crippen LogP contribution in [0.4, 0.5) is 0 Å². The molecule has 8 rings (SSSR count). The minimum absolute atomic E-state index is 0.0162. The van der Waals surface area contributed by atoms with Crippen molar-refractivity contribution >= 4 is 28.0 Å². The molecule has 10 nitrogen and oxygen atoms in total. The van der Waals surface area contributed by atoms with Gasteiger partial charge in [-0.2, -0.15) is 0 Å². The Labute approximate surface area is 248 Å². The van der Waals surface area contributed by atoms with Gasteiger partial charge in [0, 0.05) is 54.8 Å². The van der Waals surface area contributed by atoms with E-state index in [1.165, 1.54) is 18.9 Å². The molecule has 1 saturated heterocycles. The van der Waals surface area contributed by atoms with E-state index in [-0.39, 0.29) is 29.5 Å². The number of pyridine rings is 1. The molecule has 3 fully saturated rings. The van der Waals surface area contributed by atoms with Crippen molar-refractivity contribution in [3.05, 3.63) is 54.1 Å². The number of phenols is 2. The minimum atomic E-state index is -0.0207. The molecule has 10 heteroatoms. The summed E-state index contributed by atoms with van der Waals surface area (Å²) in [7, 11) is 3.60. The molecule has 0 radical (unpaired) electrons. The number of carbonyl (C=O) groups is 1. The van der Waals surface area contributed by atoms with Gasteiger partial charge in [-0.05, 0) is 80.0 Å². The molecule has 43 heavy (non-hydrogen) atoms. The van der Waals surface area contributed by atoms with E-state index < -0.39 is 0 Å². The van der Waals surface area contributed by atoms with E-state index in [1.807, 2.05) is 40.8 Å². The molecule has 3 atom stereocenters. The Morgan fingerprint density at radius 3 is 2.49 bits per heavy atom. The lowest BCUT2D eigenvalue weighted by molar-refractivity contribution is 0.0700. The molecule has 4 N–H and O–H groups in total. The maximum atomic E-state index is 13.7. The van der Waals surface area contributed by atoms with E-state index in [1.54, 1.807) is 19.2 Å². The third-order valence-electron chi connectivity index (χ3n) is 9.62. The normalized spacial score (nSPS) is 21.4. The first-order valence-electron chi connectivity index (χ1n) is 14.9. The molecule has 3 aromatic heterocycles. The summed E-state index contributed by atoms with van der Waals surface area (Å²) in [6.07, 6.45) is 4.38. The number of rotatable bonds is 6. The first kappa shape index (κ1) is 26.1. The molecule has 2 aliphatic carbocycles. The fraction of sp³-hybridized carbons (Fsp3) is 0.364. The smallest absolute Gasteiger partial charge is 0.254 e. The molecule has 2 aromatic carbocycles. The van der Waals surface area contributed by atoms with Crippen molar-refractivity contribution in [1.29, 1.82) is 0 Å². The Balaban J connectivity index is 1.25. The number of phenolic OH excluding ortho intramolecular Hbond substituents is 2. The first-order valence-corrected chi connectivity index (χ1v) is 14.9. The van der Waals surface area contributed by atoms with Crippen molar-refractivity contribution in [2.75, 3.05) is 13.7 Å². The van der Waals surface area contributed by atoms with Crippen LogP contribution in [0.3, 0.4) is 0 Å². The summed E-state index contributed by atoms with van der Waals surface area (Å²) in [5, 5.41) is 21.1. The van der Waals surface area contributed by atoms with E-state index in [2.05, 4.69) is 10.6 Å². The zero-order valence-corrected chi connectivity index (χ0v) is 24.2. The molecular weight excluding hydrogens is 544 g/mol. The topological polar surface area (TPSA) is 132 Å². The summed E-state index contributed by atoms with van der Waals surface area (Å²) in [6, 6.07) is 14.4. The summed E-state index contributed by atoms with van der Waals surface area (Å²) in [4.78, 5) is 25.7. The van der Waals surface area contributed by atoms with Crippen molar-refractivity contribution in [1.82, 2.24) is 24.0 Å². The number of ether oxygens (including phenoxy) is 1. The summed E-state index contributed by atoms with van der Waals surface area (Å²) < 4.78 is 10.1. The van der Waals surface area contributed by atoms with Gasteiger partial charge in [-0.3, -0.25) is 4.79 Å². The van der Waals surface area contributed by atoms with Crippen LogP contribution in [-0.4, -0.2) is 65.9 Å². The number of aryl methyl sites for hydroxylation is 1. The number of aromatic nitrogens is 4. The van der Waals surface area contributed by atoms with Crippen LogP contribution in [0, 0.1) is 11.8 Å². The van der Waals surface area contributed by atoms with Gasteiger partial charge in [0.15, 0.2) is 5.82 Å². The highest BCUT2D eigenvalue weighted by Crippen LogP contribution is 2.40. The van der Waals surface area contributed by atoms with Crippen molar-refractivity contribution in [3.8, 4) is 40.0 Å². The van der Waals surface area contributed by atoms with Crippen LogP contribution in [0.25, 0.3) is 44.8 Å². The van der Waals surface area contributed by atoms with Crippen molar-refractivity contribution < 1.29 is 19.7 Å². The van der Waals surface area contributed by atoms with Crippen molar-refractivity contribution in [3.63, 3.8) is 0 Å². The van der Waals surface area contributed by atoms with Gasteiger partial charge in [-0.1, -0.05) is 0 Å².